The fraction of sp³-hybridized carbons (Fsp3) is 0.474. The quantitative estimate of drug-likeness (QED) is 0.617. The summed E-state index contributed by atoms with van der Waals surface area (Å²) in [7, 11) is -3.58. The summed E-state index contributed by atoms with van der Waals surface area (Å²) in [6.45, 7) is 6.96. The predicted octanol–water partition coefficient (Wildman–Crippen LogP) is 2.17. The Morgan fingerprint density at radius 2 is 1.93 bits per heavy atom. The summed E-state index contributed by atoms with van der Waals surface area (Å²) < 4.78 is 33.0. The van der Waals surface area contributed by atoms with Gasteiger partial charge in [-0.15, -0.1) is 0 Å². The number of rotatable bonds is 9. The average molecular weight is 406 g/mol. The van der Waals surface area contributed by atoms with E-state index in [2.05, 4.69) is 24.9 Å². The van der Waals surface area contributed by atoms with Crippen LogP contribution in [-0.2, 0) is 10.0 Å². The number of nitrogens with one attached hydrogen (secondary N) is 2. The first-order chi connectivity index (χ1) is 13.5. The fourth-order valence-electron chi connectivity index (χ4n) is 3.13. The van der Waals surface area contributed by atoms with Gasteiger partial charge in [-0.05, 0) is 50.5 Å². The van der Waals surface area contributed by atoms with Crippen LogP contribution in [0.5, 0.6) is 5.75 Å². The van der Waals surface area contributed by atoms with Gasteiger partial charge in [-0.2, -0.15) is 0 Å². The molecule has 1 fully saturated rings. The zero-order valence-corrected chi connectivity index (χ0v) is 17.1. The van der Waals surface area contributed by atoms with Crippen molar-refractivity contribution in [2.45, 2.75) is 31.6 Å². The van der Waals surface area contributed by atoms with Crippen LogP contribution in [-0.4, -0.2) is 51.2 Å². The van der Waals surface area contributed by atoms with E-state index in [4.69, 9.17) is 4.74 Å². The Morgan fingerprint density at radius 1 is 1.14 bits per heavy atom. The molecule has 0 spiro atoms. The molecule has 0 unspecified atom stereocenters. The Bertz CT molecular complexity index is 898. The molecule has 2 heterocycles. The molecule has 0 radical (unpaired) electrons. The lowest BCUT2D eigenvalue weighted by Gasteiger charge is -2.16. The summed E-state index contributed by atoms with van der Waals surface area (Å²) in [5, 5.41) is 3.15. The van der Waals surface area contributed by atoms with Gasteiger partial charge in [0, 0.05) is 32.2 Å². The van der Waals surface area contributed by atoms with Crippen LogP contribution in [0.2, 0.25) is 0 Å². The number of sulfonamides is 1. The zero-order chi connectivity index (χ0) is 20.0. The largest absolute Gasteiger partial charge is 0.494 e. The first-order valence-corrected chi connectivity index (χ1v) is 11.0. The third-order valence-corrected chi connectivity index (χ3v) is 6.02. The average Bonchev–Trinajstić information content (AvgIpc) is 3.22. The Labute approximate surface area is 166 Å². The summed E-state index contributed by atoms with van der Waals surface area (Å²) in [6, 6.07) is 6.76. The molecule has 0 atom stereocenters. The van der Waals surface area contributed by atoms with Crippen molar-refractivity contribution in [3.63, 3.8) is 0 Å². The lowest BCUT2D eigenvalue weighted by molar-refractivity contribution is 0.337. The Hall–Kier alpha value is -2.39. The highest BCUT2D eigenvalue weighted by molar-refractivity contribution is 7.89. The first kappa shape index (κ1) is 20.3. The van der Waals surface area contributed by atoms with Gasteiger partial charge < -0.3 is 15.0 Å². The number of hydrogen-bond acceptors (Lipinski definition) is 7. The topological polar surface area (TPSA) is 96.5 Å². The second-order valence-electron chi connectivity index (χ2n) is 6.64. The van der Waals surface area contributed by atoms with Crippen molar-refractivity contribution < 1.29 is 13.2 Å². The van der Waals surface area contributed by atoms with Crippen LogP contribution in [0.15, 0.2) is 35.5 Å². The maximum Gasteiger partial charge on any atom is 0.240 e. The second kappa shape index (κ2) is 9.20. The van der Waals surface area contributed by atoms with Crippen LogP contribution < -0.4 is 19.7 Å². The van der Waals surface area contributed by atoms with E-state index in [1.807, 2.05) is 19.9 Å². The van der Waals surface area contributed by atoms with Crippen LogP contribution in [0.1, 0.15) is 25.3 Å². The van der Waals surface area contributed by atoms with Gasteiger partial charge in [-0.3, -0.25) is 0 Å². The van der Waals surface area contributed by atoms with Crippen molar-refractivity contribution >= 4 is 21.7 Å². The molecule has 2 aromatic rings. The van der Waals surface area contributed by atoms with Crippen molar-refractivity contribution in [2.75, 3.05) is 43.0 Å². The van der Waals surface area contributed by atoms with Gasteiger partial charge in [-0.1, -0.05) is 0 Å². The number of aryl methyl sites for hydroxylation is 1. The molecule has 1 saturated heterocycles. The molecule has 9 heteroatoms. The van der Waals surface area contributed by atoms with Gasteiger partial charge in [0.1, 0.15) is 23.7 Å². The van der Waals surface area contributed by atoms with Crippen molar-refractivity contribution in [3.8, 4) is 5.75 Å². The van der Waals surface area contributed by atoms with Gasteiger partial charge in [-0.25, -0.2) is 23.1 Å². The van der Waals surface area contributed by atoms with E-state index in [-0.39, 0.29) is 11.4 Å². The normalized spacial score (nSPS) is 14.3. The van der Waals surface area contributed by atoms with Crippen LogP contribution in [0.3, 0.4) is 0 Å². The zero-order valence-electron chi connectivity index (χ0n) is 16.3. The van der Waals surface area contributed by atoms with E-state index in [0.29, 0.717) is 24.7 Å². The third kappa shape index (κ3) is 5.11. The van der Waals surface area contributed by atoms with Crippen LogP contribution in [0, 0.1) is 6.92 Å². The van der Waals surface area contributed by atoms with E-state index in [1.54, 1.807) is 18.2 Å². The molecule has 0 aliphatic carbocycles. The minimum Gasteiger partial charge on any atom is -0.494 e. The van der Waals surface area contributed by atoms with Gasteiger partial charge in [0.2, 0.25) is 10.0 Å². The Morgan fingerprint density at radius 3 is 2.64 bits per heavy atom. The SMILES string of the molecule is CCOc1ccc(S(=O)(=O)NCCNc2cc(N3CCCC3)ncn2)cc1C. The molecular weight excluding hydrogens is 378 g/mol. The third-order valence-electron chi connectivity index (χ3n) is 4.56. The van der Waals surface area contributed by atoms with E-state index in [1.165, 1.54) is 19.2 Å². The minimum atomic E-state index is -3.58. The number of nitrogens with zero attached hydrogens (tertiary/aromatic N) is 3. The number of benzene rings is 1. The number of ether oxygens (including phenoxy) is 1. The number of anilines is 2. The molecule has 0 bridgehead atoms. The molecule has 1 aliphatic rings. The smallest absolute Gasteiger partial charge is 0.240 e. The van der Waals surface area contributed by atoms with E-state index >= 15 is 0 Å². The lowest BCUT2D eigenvalue weighted by atomic mass is 10.2. The van der Waals surface area contributed by atoms with E-state index in [9.17, 15) is 8.42 Å². The van der Waals surface area contributed by atoms with Gasteiger partial charge in [0.05, 0.1) is 11.5 Å². The molecule has 152 valence electrons. The standard InChI is InChI=1S/C19H27N5O3S/c1-3-27-17-7-6-16(12-15(17)2)28(25,26)23-9-8-20-18-13-19(22-14-21-18)24-10-4-5-11-24/h6-7,12-14,23H,3-5,8-11H2,1-2H3,(H,20,21,22). The minimum absolute atomic E-state index is 0.229. The fourth-order valence-corrected chi connectivity index (χ4v) is 4.25. The number of hydrogen-bond donors (Lipinski definition) is 2. The molecule has 0 amide bonds. The molecule has 1 aromatic carbocycles. The van der Waals surface area contributed by atoms with E-state index in [0.717, 1.165) is 24.5 Å². The summed E-state index contributed by atoms with van der Waals surface area (Å²) >= 11 is 0. The number of aromatic nitrogens is 2. The maximum atomic E-state index is 12.5. The van der Waals surface area contributed by atoms with Crippen LogP contribution in [0.25, 0.3) is 0 Å². The highest BCUT2D eigenvalue weighted by Gasteiger charge is 2.16. The Balaban J connectivity index is 1.53. The molecule has 28 heavy (non-hydrogen) atoms. The lowest BCUT2D eigenvalue weighted by Crippen LogP contribution is -2.29. The summed E-state index contributed by atoms with van der Waals surface area (Å²) in [5.41, 5.74) is 0.790. The van der Waals surface area contributed by atoms with Crippen molar-refractivity contribution in [1.82, 2.24) is 14.7 Å². The monoisotopic (exact) mass is 405 g/mol. The van der Waals surface area contributed by atoms with Crippen LogP contribution in [0.4, 0.5) is 11.6 Å². The highest BCUT2D eigenvalue weighted by atomic mass is 32.2. The van der Waals surface area contributed by atoms with Gasteiger partial charge in [0.15, 0.2) is 0 Å². The molecule has 0 saturated carbocycles. The Kier molecular flexibility index (Phi) is 6.69. The summed E-state index contributed by atoms with van der Waals surface area (Å²) in [6.07, 6.45) is 3.89. The predicted molar refractivity (Wildman–Crippen MR) is 110 cm³/mol. The molecular formula is C19H27N5O3S. The molecule has 1 aliphatic heterocycles. The van der Waals surface area contributed by atoms with Crippen LogP contribution >= 0.6 is 0 Å². The van der Waals surface area contributed by atoms with Crippen molar-refractivity contribution in [1.29, 1.82) is 0 Å². The molecule has 3 rings (SSSR count). The maximum absolute atomic E-state index is 12.5. The van der Waals surface area contributed by atoms with Gasteiger partial charge in [0.25, 0.3) is 0 Å². The molecule has 1 aromatic heterocycles. The second-order valence-corrected chi connectivity index (χ2v) is 8.41. The van der Waals surface area contributed by atoms with E-state index < -0.39 is 10.0 Å². The van der Waals surface area contributed by atoms with Crippen molar-refractivity contribution in [2.24, 2.45) is 0 Å². The first-order valence-electron chi connectivity index (χ1n) is 9.53. The summed E-state index contributed by atoms with van der Waals surface area (Å²) in [5.74, 6) is 2.29. The molecule has 2 N–H and O–H groups in total. The summed E-state index contributed by atoms with van der Waals surface area (Å²) in [4.78, 5) is 11.0. The van der Waals surface area contributed by atoms with Gasteiger partial charge >= 0.3 is 0 Å². The highest BCUT2D eigenvalue weighted by Crippen LogP contribution is 2.22. The van der Waals surface area contributed by atoms with Crippen molar-refractivity contribution in [3.05, 3.63) is 36.2 Å². The molecule has 8 nitrogen and oxygen atoms in total.